The number of nitrogens with zero attached hydrogens (tertiary/aromatic N) is 4. The number of para-hydroxylation sites is 1. The molecular weight excluding hydrogens is 348 g/mol. The number of carbonyl (C=O) groups is 1. The molecule has 1 aliphatic heterocycles. The van der Waals surface area contributed by atoms with E-state index in [4.69, 9.17) is 14.2 Å². The predicted octanol–water partition coefficient (Wildman–Crippen LogP) is 1.85. The molecule has 1 aromatic carbocycles. The molecule has 2 aromatic rings. The van der Waals surface area contributed by atoms with E-state index in [0.717, 1.165) is 12.2 Å². The molecule has 27 heavy (non-hydrogen) atoms. The zero-order chi connectivity index (χ0) is 19.4. The number of benzene rings is 1. The van der Waals surface area contributed by atoms with Gasteiger partial charge in [0.1, 0.15) is 6.10 Å². The lowest BCUT2D eigenvalue weighted by molar-refractivity contribution is 0.0767. The number of hydrogen-bond donors (Lipinski definition) is 0. The Balaban J connectivity index is 1.69. The van der Waals surface area contributed by atoms with Gasteiger partial charge < -0.3 is 24.0 Å². The van der Waals surface area contributed by atoms with E-state index in [1.165, 1.54) is 7.11 Å². The average Bonchev–Trinajstić information content (AvgIpc) is 3.15. The van der Waals surface area contributed by atoms with Crippen LogP contribution in [0.25, 0.3) is 0 Å². The van der Waals surface area contributed by atoms with Crippen LogP contribution in [-0.2, 0) is 0 Å². The Morgan fingerprint density at radius 3 is 2.74 bits per heavy atom. The van der Waals surface area contributed by atoms with Crippen LogP contribution in [0.15, 0.2) is 30.6 Å². The molecule has 8 nitrogen and oxygen atoms in total. The summed E-state index contributed by atoms with van der Waals surface area (Å²) in [7, 11) is 6.87. The van der Waals surface area contributed by atoms with Crippen LogP contribution in [-0.4, -0.2) is 68.3 Å². The summed E-state index contributed by atoms with van der Waals surface area (Å²) in [4.78, 5) is 25.1. The molecule has 0 aliphatic carbocycles. The topological polar surface area (TPSA) is 77.0 Å². The normalized spacial score (nSPS) is 16.1. The van der Waals surface area contributed by atoms with Crippen LogP contribution in [0.3, 0.4) is 0 Å². The van der Waals surface area contributed by atoms with Crippen LogP contribution in [0, 0.1) is 0 Å². The Labute approximate surface area is 158 Å². The Morgan fingerprint density at radius 1 is 1.22 bits per heavy atom. The summed E-state index contributed by atoms with van der Waals surface area (Å²) in [6, 6.07) is 5.28. The first-order valence-corrected chi connectivity index (χ1v) is 8.69. The molecule has 0 bridgehead atoms. The number of aromatic nitrogens is 2. The summed E-state index contributed by atoms with van der Waals surface area (Å²) in [6.45, 7) is 1.08. The third-order valence-corrected chi connectivity index (χ3v) is 4.41. The average molecular weight is 372 g/mol. The molecule has 1 fully saturated rings. The molecule has 1 unspecified atom stereocenters. The Morgan fingerprint density at radius 2 is 2.04 bits per heavy atom. The second-order valence-corrected chi connectivity index (χ2v) is 6.43. The minimum atomic E-state index is -0.128. The molecule has 1 atom stereocenters. The van der Waals surface area contributed by atoms with Crippen molar-refractivity contribution in [1.82, 2.24) is 14.9 Å². The molecular formula is C19H24N4O4. The number of amides is 1. The van der Waals surface area contributed by atoms with Crippen LogP contribution in [0.2, 0.25) is 0 Å². The van der Waals surface area contributed by atoms with Gasteiger partial charge in [-0.15, -0.1) is 0 Å². The van der Waals surface area contributed by atoms with Crippen molar-refractivity contribution in [3.63, 3.8) is 0 Å². The summed E-state index contributed by atoms with van der Waals surface area (Å²) < 4.78 is 16.6. The van der Waals surface area contributed by atoms with Crippen molar-refractivity contribution >= 4 is 11.7 Å². The van der Waals surface area contributed by atoms with Gasteiger partial charge in [0.05, 0.1) is 38.7 Å². The highest BCUT2D eigenvalue weighted by molar-refractivity contribution is 5.98. The van der Waals surface area contributed by atoms with Crippen molar-refractivity contribution in [3.05, 3.63) is 36.2 Å². The van der Waals surface area contributed by atoms with Crippen molar-refractivity contribution in [2.24, 2.45) is 0 Å². The number of methoxy groups -OCH3 is 2. The fourth-order valence-corrected chi connectivity index (χ4v) is 3.02. The van der Waals surface area contributed by atoms with Crippen molar-refractivity contribution in [3.8, 4) is 17.4 Å². The number of rotatable bonds is 6. The van der Waals surface area contributed by atoms with Gasteiger partial charge >= 0.3 is 0 Å². The quantitative estimate of drug-likeness (QED) is 0.766. The van der Waals surface area contributed by atoms with E-state index in [9.17, 15) is 4.79 Å². The van der Waals surface area contributed by atoms with Crippen LogP contribution in [0.5, 0.6) is 17.4 Å². The molecule has 0 spiro atoms. The number of hydrogen-bond acceptors (Lipinski definition) is 7. The van der Waals surface area contributed by atoms with Crippen molar-refractivity contribution in [2.75, 3.05) is 46.3 Å². The second kappa shape index (κ2) is 8.11. The number of anilines is 1. The molecule has 3 rings (SSSR count). The number of carbonyl (C=O) groups excluding carboxylic acids is 1. The smallest absolute Gasteiger partial charge is 0.257 e. The van der Waals surface area contributed by atoms with Crippen LogP contribution >= 0.6 is 0 Å². The monoisotopic (exact) mass is 372 g/mol. The lowest BCUT2D eigenvalue weighted by atomic mass is 10.1. The summed E-state index contributed by atoms with van der Waals surface area (Å²) in [6.07, 6.45) is 3.86. The van der Waals surface area contributed by atoms with Gasteiger partial charge in [-0.2, -0.15) is 4.98 Å². The lowest BCUT2D eigenvalue weighted by Crippen LogP contribution is -2.31. The summed E-state index contributed by atoms with van der Waals surface area (Å²) in [5.41, 5.74) is 0.479. The van der Waals surface area contributed by atoms with Gasteiger partial charge in [0, 0.05) is 27.1 Å². The molecule has 1 saturated heterocycles. The zero-order valence-corrected chi connectivity index (χ0v) is 16.0. The van der Waals surface area contributed by atoms with Gasteiger partial charge in [0.15, 0.2) is 17.3 Å². The SMILES string of the molecule is COc1cccc(C(=O)N2CCC(Oc3cncc(N(C)C)n3)C2)c1OC. The first-order chi connectivity index (χ1) is 13.0. The standard InChI is InChI=1S/C19H24N4O4/c1-22(2)16-10-20-11-17(21-16)27-13-8-9-23(12-13)19(24)14-6-5-7-15(25-3)18(14)26-4/h5-7,10-11,13H,8-9,12H2,1-4H3. The Bertz CT molecular complexity index is 812. The maximum absolute atomic E-state index is 12.9. The molecule has 0 N–H and O–H groups in total. The minimum absolute atomic E-state index is 0.107. The Hall–Kier alpha value is -3.03. The predicted molar refractivity (Wildman–Crippen MR) is 101 cm³/mol. The highest BCUT2D eigenvalue weighted by atomic mass is 16.5. The van der Waals surface area contributed by atoms with Crippen LogP contribution in [0.1, 0.15) is 16.8 Å². The molecule has 144 valence electrons. The molecule has 0 radical (unpaired) electrons. The molecule has 1 amide bonds. The molecule has 8 heteroatoms. The van der Waals surface area contributed by atoms with Gasteiger partial charge in [-0.05, 0) is 12.1 Å². The van der Waals surface area contributed by atoms with E-state index < -0.39 is 0 Å². The molecule has 0 saturated carbocycles. The van der Waals surface area contributed by atoms with Crippen LogP contribution < -0.4 is 19.1 Å². The molecule has 1 aromatic heterocycles. The van der Waals surface area contributed by atoms with Gasteiger partial charge in [-0.25, -0.2) is 0 Å². The summed E-state index contributed by atoms with van der Waals surface area (Å²) in [5, 5.41) is 0. The zero-order valence-electron chi connectivity index (χ0n) is 16.0. The van der Waals surface area contributed by atoms with Gasteiger partial charge in [0.2, 0.25) is 5.88 Å². The van der Waals surface area contributed by atoms with Gasteiger partial charge in [-0.3, -0.25) is 9.78 Å². The largest absolute Gasteiger partial charge is 0.493 e. The van der Waals surface area contributed by atoms with E-state index in [0.29, 0.717) is 36.0 Å². The van der Waals surface area contributed by atoms with E-state index in [-0.39, 0.29) is 12.0 Å². The highest BCUT2D eigenvalue weighted by Gasteiger charge is 2.30. The first-order valence-electron chi connectivity index (χ1n) is 8.69. The maximum atomic E-state index is 12.9. The highest BCUT2D eigenvalue weighted by Crippen LogP contribution is 2.32. The summed E-state index contributed by atoms with van der Waals surface area (Å²) >= 11 is 0. The van der Waals surface area contributed by atoms with Crippen LogP contribution in [0.4, 0.5) is 5.82 Å². The first kappa shape index (κ1) is 18.8. The van der Waals surface area contributed by atoms with E-state index >= 15 is 0 Å². The Kier molecular flexibility index (Phi) is 5.63. The fraction of sp³-hybridized carbons (Fsp3) is 0.421. The van der Waals surface area contributed by atoms with Gasteiger partial charge in [0.25, 0.3) is 5.91 Å². The third-order valence-electron chi connectivity index (χ3n) is 4.41. The lowest BCUT2D eigenvalue weighted by Gasteiger charge is -2.19. The molecule has 2 heterocycles. The van der Waals surface area contributed by atoms with E-state index in [1.54, 1.807) is 42.6 Å². The van der Waals surface area contributed by atoms with E-state index in [2.05, 4.69) is 9.97 Å². The molecule has 1 aliphatic rings. The van der Waals surface area contributed by atoms with Crippen molar-refractivity contribution < 1.29 is 19.0 Å². The third kappa shape index (κ3) is 4.05. The van der Waals surface area contributed by atoms with Crippen molar-refractivity contribution in [1.29, 1.82) is 0 Å². The van der Waals surface area contributed by atoms with Gasteiger partial charge in [-0.1, -0.05) is 6.07 Å². The number of ether oxygens (including phenoxy) is 3. The van der Waals surface area contributed by atoms with Crippen molar-refractivity contribution in [2.45, 2.75) is 12.5 Å². The minimum Gasteiger partial charge on any atom is -0.493 e. The maximum Gasteiger partial charge on any atom is 0.257 e. The van der Waals surface area contributed by atoms with E-state index in [1.807, 2.05) is 19.0 Å². The summed E-state index contributed by atoms with van der Waals surface area (Å²) in [5.74, 6) is 2.05. The number of likely N-dealkylation sites (tertiary alicyclic amines) is 1. The second-order valence-electron chi connectivity index (χ2n) is 6.43. The fourth-order valence-electron chi connectivity index (χ4n) is 3.02.